The van der Waals surface area contributed by atoms with Gasteiger partial charge < -0.3 is 0 Å². The molecule has 4 aromatic carbocycles. The molecule has 1 heterocycles. The van der Waals surface area contributed by atoms with Gasteiger partial charge in [-0.25, -0.2) is 4.98 Å². The fourth-order valence-corrected chi connectivity index (χ4v) is 4.20. The molecule has 0 aliphatic rings. The summed E-state index contributed by atoms with van der Waals surface area (Å²) in [6.45, 7) is 0. The van der Waals surface area contributed by atoms with Gasteiger partial charge in [0.05, 0.1) is 11.0 Å². The van der Waals surface area contributed by atoms with Crippen LogP contribution in [0.4, 0.5) is 0 Å². The van der Waals surface area contributed by atoms with Gasteiger partial charge >= 0.3 is 0 Å². The number of pyridine rings is 1. The first-order chi connectivity index (χ1) is 12.7. The molecule has 3 heteroatoms. The first kappa shape index (κ1) is 16.0. The molecule has 0 bridgehead atoms. The summed E-state index contributed by atoms with van der Waals surface area (Å²) in [5.74, 6) is 0. The van der Waals surface area contributed by atoms with E-state index in [9.17, 15) is 0 Å². The van der Waals surface area contributed by atoms with E-state index in [1.165, 1.54) is 27.3 Å². The largest absolute Gasteiger partial charge is 0.247 e. The van der Waals surface area contributed by atoms with E-state index < -0.39 is 0 Å². The van der Waals surface area contributed by atoms with Crippen molar-refractivity contribution in [2.45, 2.75) is 0 Å². The molecule has 5 rings (SSSR count). The van der Waals surface area contributed by atoms with Crippen molar-refractivity contribution in [3.63, 3.8) is 0 Å². The highest BCUT2D eigenvalue weighted by atomic mass is 79.9. The average Bonchev–Trinajstić information content (AvgIpc) is 2.67. The Bertz CT molecular complexity index is 1290. The SMILES string of the molecule is Brc1ccc(-c2c3cc(Br)ccc3nc3c2ccc2ccccc23)cc1. The molecule has 0 aliphatic heterocycles. The zero-order chi connectivity index (χ0) is 17.7. The van der Waals surface area contributed by atoms with Crippen molar-refractivity contribution >= 4 is 64.4 Å². The topological polar surface area (TPSA) is 12.9 Å². The van der Waals surface area contributed by atoms with Crippen LogP contribution in [0.3, 0.4) is 0 Å². The highest BCUT2D eigenvalue weighted by molar-refractivity contribution is 9.10. The van der Waals surface area contributed by atoms with Gasteiger partial charge in [-0.15, -0.1) is 0 Å². The van der Waals surface area contributed by atoms with Gasteiger partial charge in [-0.2, -0.15) is 0 Å². The van der Waals surface area contributed by atoms with Gasteiger partial charge in [0.25, 0.3) is 0 Å². The van der Waals surface area contributed by atoms with Gasteiger partial charge in [-0.3, -0.25) is 0 Å². The minimum Gasteiger partial charge on any atom is -0.247 e. The van der Waals surface area contributed by atoms with E-state index in [2.05, 4.69) is 111 Å². The van der Waals surface area contributed by atoms with Crippen molar-refractivity contribution in [1.82, 2.24) is 4.98 Å². The highest BCUT2D eigenvalue weighted by Gasteiger charge is 2.13. The molecule has 0 fully saturated rings. The Morgan fingerprint density at radius 2 is 1.38 bits per heavy atom. The van der Waals surface area contributed by atoms with E-state index in [4.69, 9.17) is 4.98 Å². The van der Waals surface area contributed by atoms with E-state index in [1.54, 1.807) is 0 Å². The maximum atomic E-state index is 5.02. The molecule has 0 spiro atoms. The van der Waals surface area contributed by atoms with Gasteiger partial charge in [-0.05, 0) is 41.3 Å². The van der Waals surface area contributed by atoms with Crippen molar-refractivity contribution in [3.05, 3.63) is 87.8 Å². The Labute approximate surface area is 167 Å². The smallest absolute Gasteiger partial charge is 0.0794 e. The summed E-state index contributed by atoms with van der Waals surface area (Å²) in [4.78, 5) is 5.02. The molecular weight excluding hydrogens is 450 g/mol. The summed E-state index contributed by atoms with van der Waals surface area (Å²) in [5, 5.41) is 4.74. The van der Waals surface area contributed by atoms with E-state index >= 15 is 0 Å². The lowest BCUT2D eigenvalue weighted by Crippen LogP contribution is -1.90. The molecule has 1 aromatic heterocycles. The zero-order valence-corrected chi connectivity index (χ0v) is 16.9. The number of nitrogens with zero attached hydrogens (tertiary/aromatic N) is 1. The Morgan fingerprint density at radius 3 is 2.23 bits per heavy atom. The maximum Gasteiger partial charge on any atom is 0.0794 e. The third-order valence-electron chi connectivity index (χ3n) is 4.76. The minimum atomic E-state index is 1.01. The first-order valence-electron chi connectivity index (χ1n) is 8.37. The van der Waals surface area contributed by atoms with Crippen molar-refractivity contribution in [3.8, 4) is 11.1 Å². The molecule has 0 N–H and O–H groups in total. The summed E-state index contributed by atoms with van der Waals surface area (Å²) < 4.78 is 2.14. The maximum absolute atomic E-state index is 5.02. The van der Waals surface area contributed by atoms with Crippen molar-refractivity contribution in [1.29, 1.82) is 0 Å². The molecule has 26 heavy (non-hydrogen) atoms. The summed E-state index contributed by atoms with van der Waals surface area (Å²) in [6, 6.07) is 27.6. The van der Waals surface area contributed by atoms with Crippen molar-refractivity contribution in [2.75, 3.05) is 0 Å². The normalized spacial score (nSPS) is 11.5. The molecule has 124 valence electrons. The Kier molecular flexibility index (Phi) is 3.80. The molecule has 5 aromatic rings. The number of halogens is 2. The van der Waals surface area contributed by atoms with E-state index in [-0.39, 0.29) is 0 Å². The Morgan fingerprint density at radius 1 is 0.615 bits per heavy atom. The lowest BCUT2D eigenvalue weighted by Gasteiger charge is -2.13. The second-order valence-corrected chi connectivity index (χ2v) is 8.17. The second kappa shape index (κ2) is 6.19. The fourth-order valence-electron chi connectivity index (χ4n) is 3.58. The molecular formula is C23H13Br2N. The van der Waals surface area contributed by atoms with E-state index in [0.717, 1.165) is 25.4 Å². The van der Waals surface area contributed by atoms with Crippen LogP contribution in [0.25, 0.3) is 43.7 Å². The minimum absolute atomic E-state index is 1.01. The quantitative estimate of drug-likeness (QED) is 0.183. The van der Waals surface area contributed by atoms with Crippen molar-refractivity contribution < 1.29 is 0 Å². The number of aromatic nitrogens is 1. The monoisotopic (exact) mass is 461 g/mol. The Balaban J connectivity index is 2.02. The van der Waals surface area contributed by atoms with Crippen LogP contribution in [0, 0.1) is 0 Å². The number of benzene rings is 4. The van der Waals surface area contributed by atoms with Gasteiger partial charge in [-0.1, -0.05) is 80.4 Å². The third kappa shape index (κ3) is 2.54. The third-order valence-corrected chi connectivity index (χ3v) is 5.78. The summed E-state index contributed by atoms with van der Waals surface area (Å²) in [7, 11) is 0. The standard InChI is InChI=1S/C23H13Br2N/c24-16-8-5-15(6-9-16)22-19-11-7-14-3-1-2-4-18(14)23(19)26-21-12-10-17(25)13-20(21)22/h1-13H. The fraction of sp³-hybridized carbons (Fsp3) is 0. The molecule has 0 unspecified atom stereocenters. The predicted octanol–water partition coefficient (Wildman–Crippen LogP) is 7.73. The zero-order valence-electron chi connectivity index (χ0n) is 13.7. The molecule has 0 amide bonds. The molecule has 1 nitrogen and oxygen atoms in total. The van der Waals surface area contributed by atoms with Crippen LogP contribution in [0.1, 0.15) is 0 Å². The van der Waals surface area contributed by atoms with Crippen molar-refractivity contribution in [2.24, 2.45) is 0 Å². The number of hydrogen-bond donors (Lipinski definition) is 0. The van der Waals surface area contributed by atoms with Gasteiger partial charge in [0, 0.05) is 30.7 Å². The number of fused-ring (bicyclic) bond motifs is 4. The number of rotatable bonds is 1. The number of hydrogen-bond acceptors (Lipinski definition) is 1. The van der Waals surface area contributed by atoms with Gasteiger partial charge in [0.1, 0.15) is 0 Å². The first-order valence-corrected chi connectivity index (χ1v) is 9.96. The van der Waals surface area contributed by atoms with Crippen LogP contribution in [0.15, 0.2) is 87.8 Å². The second-order valence-electron chi connectivity index (χ2n) is 6.34. The average molecular weight is 463 g/mol. The van der Waals surface area contributed by atoms with Crippen LogP contribution >= 0.6 is 31.9 Å². The summed E-state index contributed by atoms with van der Waals surface area (Å²) in [5.41, 5.74) is 4.48. The molecule has 0 saturated heterocycles. The van der Waals surface area contributed by atoms with Crippen LogP contribution < -0.4 is 0 Å². The Hall–Kier alpha value is -2.23. The summed E-state index contributed by atoms with van der Waals surface area (Å²) in [6.07, 6.45) is 0. The summed E-state index contributed by atoms with van der Waals surface area (Å²) >= 11 is 7.16. The lowest BCUT2D eigenvalue weighted by molar-refractivity contribution is 1.50. The lowest BCUT2D eigenvalue weighted by atomic mass is 9.94. The van der Waals surface area contributed by atoms with Gasteiger partial charge in [0.2, 0.25) is 0 Å². The molecule has 0 aliphatic carbocycles. The van der Waals surface area contributed by atoms with E-state index in [0.29, 0.717) is 0 Å². The van der Waals surface area contributed by atoms with Crippen LogP contribution in [-0.2, 0) is 0 Å². The highest BCUT2D eigenvalue weighted by Crippen LogP contribution is 2.38. The van der Waals surface area contributed by atoms with Crippen LogP contribution in [0.5, 0.6) is 0 Å². The molecule has 0 saturated carbocycles. The van der Waals surface area contributed by atoms with Crippen LogP contribution in [0.2, 0.25) is 0 Å². The van der Waals surface area contributed by atoms with E-state index in [1.807, 2.05) is 0 Å². The van der Waals surface area contributed by atoms with Crippen LogP contribution in [-0.4, -0.2) is 4.98 Å². The molecule has 0 radical (unpaired) electrons. The molecule has 0 atom stereocenters. The van der Waals surface area contributed by atoms with Gasteiger partial charge in [0.15, 0.2) is 0 Å². The predicted molar refractivity (Wildman–Crippen MR) is 118 cm³/mol.